The monoisotopic (exact) mass is 412 g/mol. The van der Waals surface area contributed by atoms with Gasteiger partial charge in [0, 0.05) is 29.3 Å². The maximum Gasteiger partial charge on any atom is 1.00 e. The van der Waals surface area contributed by atoms with Crippen LogP contribution in [0.2, 0.25) is 0 Å². The molecule has 0 saturated heterocycles. The molecule has 0 spiro atoms. The van der Waals surface area contributed by atoms with E-state index in [1.807, 2.05) is 24.4 Å². The maximum atomic E-state index is 11.1. The first kappa shape index (κ1) is 21.1. The van der Waals surface area contributed by atoms with Crippen LogP contribution in [-0.2, 0) is 17.1 Å². The molecule has 0 unspecified atom stereocenters. The predicted octanol–water partition coefficient (Wildman–Crippen LogP) is 5.39. The van der Waals surface area contributed by atoms with Crippen molar-refractivity contribution in [2.75, 3.05) is 0 Å². The van der Waals surface area contributed by atoms with Crippen LogP contribution >= 0.6 is 0 Å². The van der Waals surface area contributed by atoms with Gasteiger partial charge < -0.3 is 4.39 Å². The number of pyridine rings is 2. The first-order valence-corrected chi connectivity index (χ1v) is 6.36. The summed E-state index contributed by atoms with van der Waals surface area (Å²) in [4.78, 5) is 8.66. The quantitative estimate of drug-likeness (QED) is 0.214. The van der Waals surface area contributed by atoms with Gasteiger partial charge in [0.25, 0.3) is 0 Å². The molecule has 0 fully saturated rings. The zero-order valence-electron chi connectivity index (χ0n) is 12.0. The van der Waals surface area contributed by atoms with E-state index in [9.17, 15) is 30.7 Å². The molecule has 2 aromatic heterocycles. The smallest absolute Gasteiger partial charge is 0.438 e. The molecule has 0 atom stereocenters. The summed E-state index contributed by atoms with van der Waals surface area (Å²) in [7, 11) is 0. The number of hydrogen-bond donors (Lipinski definition) is 0. The number of alkyl halides is 6. The van der Waals surface area contributed by atoms with Crippen molar-refractivity contribution in [3.05, 3.63) is 55.0 Å². The third kappa shape index (κ3) is 5.27. The van der Waals surface area contributed by atoms with Crippen LogP contribution in [0.15, 0.2) is 48.8 Å². The molecule has 3 rings (SSSR count). The Morgan fingerprint density at radius 2 is 1.32 bits per heavy atom. The molecule has 0 aliphatic carbocycles. The Bertz CT molecular complexity index is 764. The number of halogens is 7. The summed E-state index contributed by atoms with van der Waals surface area (Å²) in [6.07, 6.45) is -12.2. The Hall–Kier alpha value is -1.93. The maximum absolute atomic E-state index is 11.1. The number of nitrogens with zero attached hydrogens (tertiary/aromatic N) is 2. The summed E-state index contributed by atoms with van der Waals surface area (Å²) < 4.78 is 76.0. The minimum Gasteiger partial charge on any atom is -0.438 e. The summed E-state index contributed by atoms with van der Waals surface area (Å²) >= 11 is 0. The van der Waals surface area contributed by atoms with Gasteiger partial charge in [-0.05, 0) is 24.3 Å². The van der Waals surface area contributed by atoms with E-state index in [0.29, 0.717) is 0 Å². The zero-order chi connectivity index (χ0) is 18.0. The van der Waals surface area contributed by atoms with Crippen molar-refractivity contribution in [3.63, 3.8) is 0 Å². The van der Waals surface area contributed by atoms with Gasteiger partial charge in [-0.1, -0.05) is 12.1 Å². The van der Waals surface area contributed by atoms with E-state index in [0.717, 1.165) is 21.8 Å². The van der Waals surface area contributed by atoms with Gasteiger partial charge >= 0.3 is 29.4 Å². The second kappa shape index (κ2) is 7.97. The van der Waals surface area contributed by atoms with Gasteiger partial charge in [0.1, 0.15) is 0 Å². The van der Waals surface area contributed by atoms with E-state index in [-0.39, 0.29) is 17.1 Å². The van der Waals surface area contributed by atoms with Crippen LogP contribution in [0, 0.1) is 6.17 Å². The van der Waals surface area contributed by atoms with Gasteiger partial charge in [0.05, 0.1) is 11.0 Å². The first-order chi connectivity index (χ1) is 11.1. The van der Waals surface area contributed by atoms with Crippen molar-refractivity contribution in [3.8, 4) is 0 Å². The molecule has 0 bridgehead atoms. The fourth-order valence-corrected chi connectivity index (χ4v) is 1.86. The van der Waals surface area contributed by atoms with Crippen molar-refractivity contribution in [1.29, 1.82) is 0 Å². The van der Waals surface area contributed by atoms with E-state index < -0.39 is 18.5 Å². The Balaban J connectivity index is 0.000000257. The second-order valence-corrected chi connectivity index (χ2v) is 4.52. The molecular weight excluding hydrogens is 405 g/mol. The van der Waals surface area contributed by atoms with Crippen molar-refractivity contribution < 1.29 is 47.8 Å². The summed E-state index contributed by atoms with van der Waals surface area (Å²) in [6, 6.07) is 12.1. The number of hydrogen-bond acceptors (Lipinski definition) is 2. The summed E-state index contributed by atoms with van der Waals surface area (Å²) in [5, 5.41) is 2.28. The summed E-state index contributed by atoms with van der Waals surface area (Å²) in [5.41, 5.74) is 2.02. The fourth-order valence-electron chi connectivity index (χ4n) is 1.86. The van der Waals surface area contributed by atoms with Crippen molar-refractivity contribution in [2.24, 2.45) is 0 Å². The van der Waals surface area contributed by atoms with Gasteiger partial charge in [-0.25, -0.2) is 26.3 Å². The molecule has 138 valence electrons. The molecule has 3 aromatic rings. The molecule has 0 aliphatic heterocycles. The van der Waals surface area contributed by atoms with Crippen LogP contribution in [-0.4, -0.2) is 22.3 Å². The van der Waals surface area contributed by atoms with Crippen molar-refractivity contribution >= 4 is 21.8 Å². The Kier molecular flexibility index (Phi) is 6.73. The standard InChI is InChI=1S/C12H8N2.C3F7.Cu/c1-3-9-5-6-11-10(4-2-7-13-11)12(9)14-8-1;4-1(2(5,6)7)3(8,9)10;/h1-8H;;/q;-1;+1. The van der Waals surface area contributed by atoms with Crippen LogP contribution < -0.4 is 0 Å². The second-order valence-electron chi connectivity index (χ2n) is 4.52. The Labute approximate surface area is 147 Å². The van der Waals surface area contributed by atoms with E-state index in [4.69, 9.17) is 0 Å². The van der Waals surface area contributed by atoms with Gasteiger partial charge in [-0.3, -0.25) is 9.97 Å². The van der Waals surface area contributed by atoms with Crippen LogP contribution in [0.3, 0.4) is 0 Å². The summed E-state index contributed by atoms with van der Waals surface area (Å²) in [5.74, 6) is 0. The zero-order valence-corrected chi connectivity index (χ0v) is 12.9. The van der Waals surface area contributed by atoms with Crippen LogP contribution in [0.5, 0.6) is 0 Å². The molecule has 0 aliphatic rings. The molecule has 2 nitrogen and oxygen atoms in total. The Morgan fingerprint density at radius 1 is 0.760 bits per heavy atom. The topological polar surface area (TPSA) is 25.8 Å². The largest absolute Gasteiger partial charge is 1.00 e. The summed E-state index contributed by atoms with van der Waals surface area (Å²) in [6.45, 7) is 0. The number of rotatable bonds is 0. The SMILES string of the molecule is F[C-](C(F)(F)F)C(F)(F)F.[Cu+].c1cnc2c(c1)ccc1ncccc12. The number of fused-ring (bicyclic) bond motifs is 3. The molecule has 0 saturated carbocycles. The van der Waals surface area contributed by atoms with Crippen LogP contribution in [0.4, 0.5) is 30.7 Å². The molecular formula is C15H8CuF7N2. The normalized spacial score (nSPS) is 11.8. The van der Waals surface area contributed by atoms with Crippen molar-refractivity contribution in [1.82, 2.24) is 9.97 Å². The molecule has 25 heavy (non-hydrogen) atoms. The van der Waals surface area contributed by atoms with Crippen LogP contribution in [0.1, 0.15) is 0 Å². The average molecular weight is 413 g/mol. The molecule has 0 N–H and O–H groups in total. The van der Waals surface area contributed by atoms with E-state index in [1.165, 1.54) is 0 Å². The molecule has 0 amide bonds. The first-order valence-electron chi connectivity index (χ1n) is 6.36. The third-order valence-electron chi connectivity index (χ3n) is 2.85. The molecule has 10 heteroatoms. The molecule has 1 aromatic carbocycles. The molecule has 2 heterocycles. The number of aromatic nitrogens is 2. The molecule has 0 radical (unpaired) electrons. The van der Waals surface area contributed by atoms with Crippen molar-refractivity contribution in [2.45, 2.75) is 12.4 Å². The van der Waals surface area contributed by atoms with E-state index in [2.05, 4.69) is 28.2 Å². The number of benzene rings is 1. The Morgan fingerprint density at radius 3 is 1.88 bits per heavy atom. The van der Waals surface area contributed by atoms with E-state index in [1.54, 1.807) is 6.20 Å². The van der Waals surface area contributed by atoms with Gasteiger partial charge in [0.2, 0.25) is 0 Å². The average Bonchev–Trinajstić information content (AvgIpc) is 2.53. The van der Waals surface area contributed by atoms with Gasteiger partial charge in [0.15, 0.2) is 0 Å². The minimum absolute atomic E-state index is 0. The van der Waals surface area contributed by atoms with Crippen LogP contribution in [0.25, 0.3) is 21.8 Å². The van der Waals surface area contributed by atoms with E-state index >= 15 is 0 Å². The van der Waals surface area contributed by atoms with Gasteiger partial charge in [-0.2, -0.15) is 0 Å². The van der Waals surface area contributed by atoms with Gasteiger partial charge in [-0.15, -0.1) is 0 Å². The third-order valence-corrected chi connectivity index (χ3v) is 2.85. The fraction of sp³-hybridized carbons (Fsp3) is 0.133. The minimum atomic E-state index is -5.93. The predicted molar refractivity (Wildman–Crippen MR) is 73.5 cm³/mol.